The molecule has 0 amide bonds. The van der Waals surface area contributed by atoms with Crippen molar-refractivity contribution in [1.29, 1.82) is 0 Å². The van der Waals surface area contributed by atoms with Gasteiger partial charge in [-0.15, -0.1) is 0 Å². The minimum Gasteiger partial charge on any atom is -0.490 e. The predicted molar refractivity (Wildman–Crippen MR) is 115 cm³/mol. The van der Waals surface area contributed by atoms with E-state index in [0.717, 1.165) is 11.1 Å². The van der Waals surface area contributed by atoms with E-state index in [0.29, 0.717) is 30.3 Å². The van der Waals surface area contributed by atoms with Gasteiger partial charge in [-0.05, 0) is 48.4 Å². The fourth-order valence-electron chi connectivity index (χ4n) is 2.86. The van der Waals surface area contributed by atoms with Crippen molar-refractivity contribution in [1.82, 2.24) is 0 Å². The number of nitro benzene ring substituents is 2. The molecule has 0 atom stereocenters. The Bertz CT molecular complexity index is 1070. The Morgan fingerprint density at radius 1 is 0.806 bits per heavy atom. The zero-order valence-corrected chi connectivity index (χ0v) is 16.8. The molecular weight excluding hydrogens is 402 g/mol. The van der Waals surface area contributed by atoms with Gasteiger partial charge in [0.05, 0.1) is 16.5 Å². The Labute approximate surface area is 178 Å². The van der Waals surface area contributed by atoms with E-state index < -0.39 is 9.85 Å². The van der Waals surface area contributed by atoms with Crippen LogP contribution in [0, 0.1) is 20.2 Å². The Kier molecular flexibility index (Phi) is 7.00. The van der Waals surface area contributed by atoms with Crippen molar-refractivity contribution in [2.45, 2.75) is 20.1 Å². The van der Waals surface area contributed by atoms with Crippen LogP contribution in [-0.4, -0.2) is 16.5 Å². The maximum atomic E-state index is 10.9. The summed E-state index contributed by atoms with van der Waals surface area (Å²) in [5, 5.41) is 24.8. The van der Waals surface area contributed by atoms with Crippen molar-refractivity contribution in [3.63, 3.8) is 0 Å². The van der Waals surface area contributed by atoms with Crippen LogP contribution in [0.4, 0.5) is 17.1 Å². The molecule has 0 aromatic heterocycles. The summed E-state index contributed by atoms with van der Waals surface area (Å²) in [4.78, 5) is 20.8. The molecule has 160 valence electrons. The predicted octanol–water partition coefficient (Wildman–Crippen LogP) is 5.09. The molecule has 9 nitrogen and oxygen atoms in total. The van der Waals surface area contributed by atoms with Gasteiger partial charge < -0.3 is 14.8 Å². The molecule has 0 aliphatic heterocycles. The summed E-state index contributed by atoms with van der Waals surface area (Å²) in [7, 11) is 0. The second-order valence-electron chi connectivity index (χ2n) is 6.59. The Morgan fingerprint density at radius 3 is 2.19 bits per heavy atom. The second kappa shape index (κ2) is 10.1. The third-order valence-corrected chi connectivity index (χ3v) is 4.40. The molecule has 3 rings (SSSR count). The Hall–Kier alpha value is -4.14. The van der Waals surface area contributed by atoms with Gasteiger partial charge in [0.15, 0.2) is 11.5 Å². The van der Waals surface area contributed by atoms with Gasteiger partial charge >= 0.3 is 0 Å². The number of hydrogen-bond donors (Lipinski definition) is 1. The Balaban J connectivity index is 1.66. The Morgan fingerprint density at radius 2 is 1.52 bits per heavy atom. The summed E-state index contributed by atoms with van der Waals surface area (Å²) in [6, 6.07) is 18.0. The minimum absolute atomic E-state index is 0.0231. The average Bonchev–Trinajstić information content (AvgIpc) is 2.77. The molecule has 0 saturated heterocycles. The van der Waals surface area contributed by atoms with Gasteiger partial charge in [0.2, 0.25) is 0 Å². The third-order valence-electron chi connectivity index (χ3n) is 4.40. The van der Waals surface area contributed by atoms with Gasteiger partial charge in [-0.25, -0.2) is 0 Å². The molecule has 0 spiro atoms. The van der Waals surface area contributed by atoms with E-state index in [1.54, 1.807) is 30.3 Å². The molecule has 0 saturated carbocycles. The van der Waals surface area contributed by atoms with Crippen molar-refractivity contribution in [2.75, 3.05) is 11.9 Å². The van der Waals surface area contributed by atoms with E-state index in [4.69, 9.17) is 9.47 Å². The number of rotatable bonds is 10. The molecule has 3 aromatic rings. The summed E-state index contributed by atoms with van der Waals surface area (Å²) in [5.41, 5.74) is 2.40. The van der Waals surface area contributed by atoms with Crippen molar-refractivity contribution in [3.05, 3.63) is 98.1 Å². The van der Waals surface area contributed by atoms with Crippen molar-refractivity contribution in [3.8, 4) is 11.5 Å². The van der Waals surface area contributed by atoms with Gasteiger partial charge in [0, 0.05) is 36.5 Å². The minimum atomic E-state index is -0.446. The van der Waals surface area contributed by atoms with E-state index in [9.17, 15) is 20.2 Å². The topological polar surface area (TPSA) is 117 Å². The van der Waals surface area contributed by atoms with Crippen LogP contribution in [0.3, 0.4) is 0 Å². The van der Waals surface area contributed by atoms with Gasteiger partial charge in [0.1, 0.15) is 6.61 Å². The van der Waals surface area contributed by atoms with E-state index in [-0.39, 0.29) is 18.0 Å². The number of ether oxygens (including phenoxy) is 2. The molecular formula is C22H21N3O6. The van der Waals surface area contributed by atoms with Gasteiger partial charge in [0.25, 0.3) is 11.4 Å². The van der Waals surface area contributed by atoms with E-state index in [1.807, 2.05) is 19.1 Å². The van der Waals surface area contributed by atoms with E-state index in [2.05, 4.69) is 5.32 Å². The monoisotopic (exact) mass is 423 g/mol. The number of nitrogens with zero attached hydrogens (tertiary/aromatic N) is 2. The molecule has 3 aromatic carbocycles. The number of nitro groups is 2. The van der Waals surface area contributed by atoms with Gasteiger partial charge in [-0.2, -0.15) is 0 Å². The molecule has 31 heavy (non-hydrogen) atoms. The third kappa shape index (κ3) is 5.92. The molecule has 0 heterocycles. The van der Waals surface area contributed by atoms with Crippen LogP contribution in [0.2, 0.25) is 0 Å². The fourth-order valence-corrected chi connectivity index (χ4v) is 2.86. The number of anilines is 1. The first-order valence-electron chi connectivity index (χ1n) is 9.56. The highest BCUT2D eigenvalue weighted by atomic mass is 16.6. The quantitative estimate of drug-likeness (QED) is 0.356. The van der Waals surface area contributed by atoms with Crippen molar-refractivity contribution < 1.29 is 19.3 Å². The number of benzene rings is 3. The largest absolute Gasteiger partial charge is 0.490 e. The number of non-ortho nitro benzene ring substituents is 2. The normalized spacial score (nSPS) is 10.4. The molecule has 0 aliphatic carbocycles. The first kappa shape index (κ1) is 21.6. The van der Waals surface area contributed by atoms with Crippen LogP contribution < -0.4 is 14.8 Å². The lowest BCUT2D eigenvalue weighted by molar-refractivity contribution is -0.385. The maximum Gasteiger partial charge on any atom is 0.271 e. The van der Waals surface area contributed by atoms with Crippen molar-refractivity contribution in [2.24, 2.45) is 0 Å². The standard InChI is InChI=1S/C22H21N3O6/c1-2-30-22-12-17(14-23-18-4-3-5-20(13-18)25(28)29)8-11-21(22)31-15-16-6-9-19(10-7-16)24(26)27/h3-13,23H,2,14-15H2,1H3. The SMILES string of the molecule is CCOc1cc(CNc2cccc([N+](=O)[O-])c2)ccc1OCc1ccc([N+](=O)[O-])cc1. The van der Waals surface area contributed by atoms with Crippen LogP contribution >= 0.6 is 0 Å². The molecule has 1 N–H and O–H groups in total. The highest BCUT2D eigenvalue weighted by molar-refractivity contribution is 5.52. The number of hydrogen-bond acceptors (Lipinski definition) is 7. The highest BCUT2D eigenvalue weighted by Gasteiger charge is 2.10. The van der Waals surface area contributed by atoms with Crippen molar-refractivity contribution >= 4 is 17.1 Å². The fraction of sp³-hybridized carbons (Fsp3) is 0.182. The van der Waals surface area contributed by atoms with E-state index in [1.165, 1.54) is 24.3 Å². The lowest BCUT2D eigenvalue weighted by atomic mass is 10.2. The highest BCUT2D eigenvalue weighted by Crippen LogP contribution is 2.30. The first-order valence-corrected chi connectivity index (χ1v) is 9.56. The molecule has 0 radical (unpaired) electrons. The maximum absolute atomic E-state index is 10.9. The molecule has 0 aliphatic rings. The first-order chi connectivity index (χ1) is 15.0. The molecule has 9 heteroatoms. The molecule has 0 bridgehead atoms. The van der Waals surface area contributed by atoms with Crippen LogP contribution in [0.15, 0.2) is 66.7 Å². The van der Waals surface area contributed by atoms with Gasteiger partial charge in [-0.1, -0.05) is 12.1 Å². The van der Waals surface area contributed by atoms with Crippen LogP contribution in [0.1, 0.15) is 18.1 Å². The summed E-state index contributed by atoms with van der Waals surface area (Å²) in [5.74, 6) is 1.13. The lowest BCUT2D eigenvalue weighted by Crippen LogP contribution is -2.03. The zero-order valence-electron chi connectivity index (χ0n) is 16.8. The van der Waals surface area contributed by atoms with E-state index >= 15 is 0 Å². The van der Waals surface area contributed by atoms with Crippen LogP contribution in [0.5, 0.6) is 11.5 Å². The smallest absolute Gasteiger partial charge is 0.271 e. The summed E-state index contributed by atoms with van der Waals surface area (Å²) >= 11 is 0. The average molecular weight is 423 g/mol. The van der Waals surface area contributed by atoms with Crippen LogP contribution in [0.25, 0.3) is 0 Å². The zero-order chi connectivity index (χ0) is 22.2. The molecule has 0 fully saturated rings. The van der Waals surface area contributed by atoms with Gasteiger partial charge in [-0.3, -0.25) is 20.2 Å². The summed E-state index contributed by atoms with van der Waals surface area (Å²) < 4.78 is 11.5. The second-order valence-corrected chi connectivity index (χ2v) is 6.59. The molecule has 0 unspecified atom stereocenters. The van der Waals surface area contributed by atoms with Crippen LogP contribution in [-0.2, 0) is 13.2 Å². The lowest BCUT2D eigenvalue weighted by Gasteiger charge is -2.14. The number of nitrogens with one attached hydrogen (secondary N) is 1. The summed E-state index contributed by atoms with van der Waals surface area (Å²) in [6.07, 6.45) is 0. The summed E-state index contributed by atoms with van der Waals surface area (Å²) in [6.45, 7) is 3.01.